The number of rotatable bonds is 5. The zero-order valence-corrected chi connectivity index (χ0v) is 14.9. The van der Waals surface area contributed by atoms with E-state index < -0.39 is 23.8 Å². The Bertz CT molecular complexity index is 698. The Hall–Kier alpha value is -2.54. The van der Waals surface area contributed by atoms with E-state index in [0.717, 1.165) is 31.5 Å². The predicted octanol–water partition coefficient (Wildman–Crippen LogP) is 1.53. The number of carboxylic acids is 1. The Morgan fingerprint density at radius 3 is 2.46 bits per heavy atom. The number of benzene rings is 1. The van der Waals surface area contributed by atoms with Crippen molar-refractivity contribution in [2.45, 2.75) is 25.7 Å². The lowest BCUT2D eigenvalue weighted by molar-refractivity contribution is -0.152. The second-order valence-corrected chi connectivity index (χ2v) is 6.59. The Balaban J connectivity index is 2.09. The van der Waals surface area contributed by atoms with Crippen molar-refractivity contribution in [3.8, 4) is 0 Å². The second kappa shape index (κ2) is 7.78. The number of carboxylic acid groups (broad SMARTS) is 1. The fourth-order valence-corrected chi connectivity index (χ4v) is 3.86. The Kier molecular flexibility index (Phi) is 5.46. The number of carbonyl (C=O) groups excluding carboxylic acids is 1. The van der Waals surface area contributed by atoms with Crippen LogP contribution in [0.25, 0.3) is 0 Å². The summed E-state index contributed by atoms with van der Waals surface area (Å²) < 4.78 is 5.27. The molecule has 2 aliphatic heterocycles. The lowest BCUT2D eigenvalue weighted by atomic mass is 9.77. The maximum Gasteiger partial charge on any atom is 0.335 e. The molecule has 7 heteroatoms. The first-order chi connectivity index (χ1) is 12.5. The molecular weight excluding hydrogens is 334 g/mol. The van der Waals surface area contributed by atoms with E-state index in [-0.39, 0.29) is 18.0 Å². The van der Waals surface area contributed by atoms with Gasteiger partial charge < -0.3 is 15.6 Å². The fourth-order valence-electron chi connectivity index (χ4n) is 3.86. The van der Waals surface area contributed by atoms with E-state index in [1.54, 1.807) is 11.9 Å². The molecule has 0 aromatic heterocycles. The minimum atomic E-state index is -1.10. The quantitative estimate of drug-likeness (QED) is 0.770. The molecule has 7 nitrogen and oxygen atoms in total. The van der Waals surface area contributed by atoms with Crippen molar-refractivity contribution < 1.29 is 19.4 Å². The summed E-state index contributed by atoms with van der Waals surface area (Å²) in [7, 11) is 0. The van der Waals surface area contributed by atoms with Crippen molar-refractivity contribution in [3.63, 3.8) is 0 Å². The van der Waals surface area contributed by atoms with Crippen LogP contribution in [0.1, 0.15) is 31.2 Å². The maximum absolute atomic E-state index is 12.7. The molecule has 0 bridgehead atoms. The first-order valence-corrected chi connectivity index (χ1v) is 9.01. The fraction of sp³-hybridized carbons (Fsp3) is 0.474. The zero-order valence-electron chi connectivity index (χ0n) is 14.9. The van der Waals surface area contributed by atoms with Crippen LogP contribution in [0.5, 0.6) is 0 Å². The summed E-state index contributed by atoms with van der Waals surface area (Å²) in [5, 5.41) is 13.7. The van der Waals surface area contributed by atoms with E-state index in [0.29, 0.717) is 6.54 Å². The van der Waals surface area contributed by atoms with Gasteiger partial charge in [-0.15, -0.1) is 0 Å². The summed E-state index contributed by atoms with van der Waals surface area (Å²) in [4.78, 5) is 24.8. The predicted molar refractivity (Wildman–Crippen MR) is 95.7 cm³/mol. The molecule has 0 amide bonds. The van der Waals surface area contributed by atoms with Crippen molar-refractivity contribution >= 4 is 11.9 Å². The third kappa shape index (κ3) is 3.39. The van der Waals surface area contributed by atoms with E-state index >= 15 is 0 Å². The van der Waals surface area contributed by atoms with Gasteiger partial charge in [0.15, 0.2) is 0 Å². The Morgan fingerprint density at radius 2 is 1.88 bits per heavy atom. The molecule has 1 saturated heterocycles. The van der Waals surface area contributed by atoms with Crippen LogP contribution in [0.2, 0.25) is 0 Å². The smallest absolute Gasteiger partial charge is 0.335 e. The van der Waals surface area contributed by atoms with Gasteiger partial charge in [-0.3, -0.25) is 9.80 Å². The number of esters is 1. The normalized spacial score (nSPS) is 24.0. The molecule has 2 aliphatic rings. The molecule has 2 atom stereocenters. The molecule has 140 valence electrons. The number of aliphatic carboxylic acids is 1. The monoisotopic (exact) mass is 359 g/mol. The van der Waals surface area contributed by atoms with Crippen LogP contribution in [0, 0.1) is 5.92 Å². The van der Waals surface area contributed by atoms with Gasteiger partial charge in [0.05, 0.1) is 24.6 Å². The molecule has 3 rings (SSSR count). The highest BCUT2D eigenvalue weighted by atomic mass is 16.5. The van der Waals surface area contributed by atoms with Gasteiger partial charge in [-0.2, -0.15) is 0 Å². The van der Waals surface area contributed by atoms with Crippen molar-refractivity contribution in [1.29, 1.82) is 0 Å². The molecular formula is C19H25N3O4. The molecule has 26 heavy (non-hydrogen) atoms. The molecule has 2 unspecified atom stereocenters. The lowest BCUT2D eigenvalue weighted by Gasteiger charge is -2.43. The molecule has 2 heterocycles. The minimum Gasteiger partial charge on any atom is -0.478 e. The van der Waals surface area contributed by atoms with Crippen LogP contribution in [0.4, 0.5) is 0 Å². The van der Waals surface area contributed by atoms with Gasteiger partial charge in [0, 0.05) is 19.0 Å². The molecule has 1 aromatic rings. The van der Waals surface area contributed by atoms with E-state index in [4.69, 9.17) is 10.5 Å². The van der Waals surface area contributed by atoms with Crippen molar-refractivity contribution in [2.24, 2.45) is 11.7 Å². The SMILES string of the molecule is CCOC(=O)C1CN(N2CCCC2)C(N)=C(C(=O)O)C1c1ccccc1. The van der Waals surface area contributed by atoms with Crippen LogP contribution >= 0.6 is 0 Å². The van der Waals surface area contributed by atoms with E-state index in [1.165, 1.54) is 0 Å². The van der Waals surface area contributed by atoms with Crippen molar-refractivity contribution in [3.05, 3.63) is 47.3 Å². The number of carbonyl (C=O) groups is 2. The van der Waals surface area contributed by atoms with Gasteiger partial charge >= 0.3 is 11.9 Å². The standard InChI is InChI=1S/C19H25N3O4/c1-2-26-19(25)14-12-22(21-10-6-7-11-21)17(20)16(18(23)24)15(14)13-8-4-3-5-9-13/h3-5,8-9,14-15H,2,6-7,10-12,20H2,1H3,(H,23,24). The van der Waals surface area contributed by atoms with Gasteiger partial charge in [-0.05, 0) is 25.3 Å². The Morgan fingerprint density at radius 1 is 1.23 bits per heavy atom. The number of ether oxygens (including phenoxy) is 1. The van der Waals surface area contributed by atoms with E-state index in [9.17, 15) is 14.7 Å². The maximum atomic E-state index is 12.7. The third-order valence-electron chi connectivity index (χ3n) is 5.04. The average Bonchev–Trinajstić information content (AvgIpc) is 3.16. The summed E-state index contributed by atoms with van der Waals surface area (Å²) in [5.41, 5.74) is 7.12. The van der Waals surface area contributed by atoms with Gasteiger partial charge in [0.25, 0.3) is 0 Å². The lowest BCUT2D eigenvalue weighted by Crippen LogP contribution is -2.52. The van der Waals surface area contributed by atoms with Crippen molar-refractivity contribution in [2.75, 3.05) is 26.2 Å². The summed E-state index contributed by atoms with van der Waals surface area (Å²) in [6, 6.07) is 9.19. The molecule has 0 radical (unpaired) electrons. The number of nitrogens with zero attached hydrogens (tertiary/aromatic N) is 2. The summed E-state index contributed by atoms with van der Waals surface area (Å²) in [5.74, 6) is -2.54. The molecule has 0 saturated carbocycles. The van der Waals surface area contributed by atoms with E-state index in [2.05, 4.69) is 0 Å². The van der Waals surface area contributed by atoms with Crippen LogP contribution in [0.3, 0.4) is 0 Å². The summed E-state index contributed by atoms with van der Waals surface area (Å²) in [6.07, 6.45) is 2.05. The van der Waals surface area contributed by atoms with Crippen LogP contribution in [-0.2, 0) is 14.3 Å². The summed E-state index contributed by atoms with van der Waals surface area (Å²) >= 11 is 0. The highest BCUT2D eigenvalue weighted by molar-refractivity contribution is 5.91. The molecule has 3 N–H and O–H groups in total. The molecule has 1 aromatic carbocycles. The highest BCUT2D eigenvalue weighted by Crippen LogP contribution is 2.40. The van der Waals surface area contributed by atoms with Gasteiger partial charge in [-0.25, -0.2) is 9.80 Å². The molecule has 0 spiro atoms. The van der Waals surface area contributed by atoms with E-state index in [1.807, 2.05) is 35.3 Å². The summed E-state index contributed by atoms with van der Waals surface area (Å²) in [6.45, 7) is 3.93. The van der Waals surface area contributed by atoms with Gasteiger partial charge in [0.2, 0.25) is 0 Å². The zero-order chi connectivity index (χ0) is 18.7. The number of hydrazine groups is 1. The minimum absolute atomic E-state index is 0.0624. The third-order valence-corrected chi connectivity index (χ3v) is 5.04. The van der Waals surface area contributed by atoms with Crippen LogP contribution < -0.4 is 5.73 Å². The highest BCUT2D eigenvalue weighted by Gasteiger charge is 2.45. The molecule has 0 aliphatic carbocycles. The number of hydrogen-bond acceptors (Lipinski definition) is 6. The van der Waals surface area contributed by atoms with Crippen LogP contribution in [0.15, 0.2) is 41.7 Å². The largest absolute Gasteiger partial charge is 0.478 e. The number of nitrogens with two attached hydrogens (primary N) is 1. The van der Waals surface area contributed by atoms with Crippen LogP contribution in [-0.4, -0.2) is 53.3 Å². The Labute approximate surface area is 153 Å². The average molecular weight is 359 g/mol. The second-order valence-electron chi connectivity index (χ2n) is 6.59. The number of hydrogen-bond donors (Lipinski definition) is 2. The van der Waals surface area contributed by atoms with Crippen molar-refractivity contribution in [1.82, 2.24) is 10.0 Å². The molecule has 1 fully saturated rings. The first-order valence-electron chi connectivity index (χ1n) is 9.01. The van der Waals surface area contributed by atoms with Gasteiger partial charge in [0.1, 0.15) is 5.82 Å². The topological polar surface area (TPSA) is 96.1 Å². The van der Waals surface area contributed by atoms with Gasteiger partial charge in [-0.1, -0.05) is 30.3 Å². The first kappa shape index (κ1) is 18.3.